The number of ether oxygens (including phenoxy) is 3. The first kappa shape index (κ1) is 30.1. The Hall–Kier alpha value is -3.41. The number of halogens is 1. The van der Waals surface area contributed by atoms with E-state index in [4.69, 9.17) is 14.2 Å². The molecule has 39 heavy (non-hydrogen) atoms. The van der Waals surface area contributed by atoms with Gasteiger partial charge in [-0.05, 0) is 61.7 Å². The van der Waals surface area contributed by atoms with Crippen LogP contribution in [0.5, 0.6) is 17.2 Å². The molecular formula is C33H41ClN2O3. The van der Waals surface area contributed by atoms with Gasteiger partial charge in [0.25, 0.3) is 0 Å². The predicted molar refractivity (Wildman–Crippen MR) is 163 cm³/mol. The van der Waals surface area contributed by atoms with E-state index in [-0.39, 0.29) is 0 Å². The Kier molecular flexibility index (Phi) is 11.8. The van der Waals surface area contributed by atoms with Gasteiger partial charge in [-0.3, -0.25) is 4.90 Å². The second kappa shape index (κ2) is 15.2. The lowest BCUT2D eigenvalue weighted by Gasteiger charge is -2.31. The molecule has 1 aliphatic rings. The third kappa shape index (κ3) is 8.29. The van der Waals surface area contributed by atoms with E-state index in [1.54, 1.807) is 0 Å². The fraction of sp³-hybridized carbons (Fsp3) is 0.333. The van der Waals surface area contributed by atoms with Crippen molar-refractivity contribution in [3.63, 3.8) is 0 Å². The van der Waals surface area contributed by atoms with E-state index in [1.165, 1.54) is 28.8 Å². The van der Waals surface area contributed by atoms with Gasteiger partial charge in [0.1, 0.15) is 19.0 Å². The van der Waals surface area contributed by atoms with Crippen molar-refractivity contribution < 1.29 is 14.2 Å². The van der Waals surface area contributed by atoms with E-state index < -0.39 is 0 Å². The van der Waals surface area contributed by atoms with Crippen molar-refractivity contribution in [2.75, 3.05) is 39.8 Å². The maximum Gasteiger partial charge on any atom is 0.161 e. The largest absolute Gasteiger partial charge is 0.494 e. The molecule has 3 aromatic carbocycles. The van der Waals surface area contributed by atoms with Crippen LogP contribution in [0.2, 0.25) is 0 Å². The molecule has 0 spiro atoms. The van der Waals surface area contributed by atoms with E-state index in [1.807, 2.05) is 19.1 Å². The zero-order valence-electron chi connectivity index (χ0n) is 23.9. The van der Waals surface area contributed by atoms with Crippen molar-refractivity contribution in [1.29, 1.82) is 0 Å². The van der Waals surface area contributed by atoms with Crippen LogP contribution in [0.25, 0.3) is 5.70 Å². The van der Waals surface area contributed by atoms with Crippen molar-refractivity contribution >= 4 is 17.3 Å². The molecule has 3 aromatic rings. The molecule has 208 valence electrons. The molecule has 0 saturated carbocycles. The van der Waals surface area contributed by atoms with Crippen LogP contribution in [-0.2, 0) is 13.1 Å². The van der Waals surface area contributed by atoms with Crippen LogP contribution in [0, 0.1) is 6.92 Å². The average Bonchev–Trinajstić information content (AvgIpc) is 2.96. The molecule has 0 aromatic heterocycles. The SMILES string of the molecule is C=C(c1ccccc1C)N(C)/C(=C\C)CN(Cc1cccc(OCC)c1)Cc1ccc2c(c1)OCCO2.CCl. The number of alkyl halides is 1. The third-order valence-corrected chi connectivity index (χ3v) is 6.64. The van der Waals surface area contributed by atoms with Crippen molar-refractivity contribution in [2.45, 2.75) is 33.9 Å². The van der Waals surface area contributed by atoms with Crippen LogP contribution >= 0.6 is 11.6 Å². The van der Waals surface area contributed by atoms with Crippen LogP contribution in [0.3, 0.4) is 0 Å². The van der Waals surface area contributed by atoms with Crippen LogP contribution < -0.4 is 14.2 Å². The molecule has 0 unspecified atom stereocenters. The number of allylic oxidation sites excluding steroid dienone is 1. The van der Waals surface area contributed by atoms with E-state index in [0.717, 1.165) is 48.1 Å². The lowest BCUT2D eigenvalue weighted by molar-refractivity contribution is 0.171. The highest BCUT2D eigenvalue weighted by atomic mass is 35.5. The lowest BCUT2D eigenvalue weighted by Crippen LogP contribution is -2.30. The molecule has 0 aliphatic carbocycles. The van der Waals surface area contributed by atoms with Gasteiger partial charge >= 0.3 is 0 Å². The summed E-state index contributed by atoms with van der Waals surface area (Å²) < 4.78 is 17.3. The highest BCUT2D eigenvalue weighted by Crippen LogP contribution is 2.32. The maximum atomic E-state index is 5.85. The molecule has 0 saturated heterocycles. The first-order valence-electron chi connectivity index (χ1n) is 13.3. The molecule has 0 amide bonds. The molecule has 0 bridgehead atoms. The molecule has 6 heteroatoms. The second-order valence-electron chi connectivity index (χ2n) is 9.30. The van der Waals surface area contributed by atoms with Gasteiger partial charge in [-0.2, -0.15) is 0 Å². The molecule has 4 rings (SSSR count). The predicted octanol–water partition coefficient (Wildman–Crippen LogP) is 7.53. The number of aryl methyl sites for hydroxylation is 1. The van der Waals surface area contributed by atoms with Gasteiger partial charge in [-0.15, -0.1) is 11.6 Å². The number of hydrogen-bond acceptors (Lipinski definition) is 5. The van der Waals surface area contributed by atoms with E-state index in [2.05, 4.69) is 110 Å². The Morgan fingerprint density at radius 2 is 1.64 bits per heavy atom. The van der Waals surface area contributed by atoms with E-state index >= 15 is 0 Å². The van der Waals surface area contributed by atoms with Crippen LogP contribution in [0.4, 0.5) is 0 Å². The standard InChI is InChI=1S/C32H38N2O3.CH3Cl/c1-6-28(33(5)25(4)30-14-9-8-11-24(30)3)23-34(21-26-12-10-13-29(19-26)35-7-2)22-27-15-16-31-32(20-27)37-18-17-36-31;1-2/h6,8-16,19-20H,4,7,17-18,21-23H2,1-3,5H3;1H3/b28-6-;. The van der Waals surface area contributed by atoms with Crippen molar-refractivity contribution in [1.82, 2.24) is 9.80 Å². The summed E-state index contributed by atoms with van der Waals surface area (Å²) in [4.78, 5) is 4.64. The Balaban J connectivity index is 0.00000205. The normalized spacial score (nSPS) is 12.4. The van der Waals surface area contributed by atoms with Crippen molar-refractivity contribution in [3.05, 3.63) is 107 Å². The Morgan fingerprint density at radius 1 is 0.949 bits per heavy atom. The zero-order valence-corrected chi connectivity index (χ0v) is 24.6. The summed E-state index contributed by atoms with van der Waals surface area (Å²) in [6, 6.07) is 23.0. The summed E-state index contributed by atoms with van der Waals surface area (Å²) in [6.07, 6.45) is 3.65. The summed E-state index contributed by atoms with van der Waals surface area (Å²) in [7, 11) is 2.10. The van der Waals surface area contributed by atoms with Crippen LogP contribution in [-0.4, -0.2) is 49.6 Å². The average molecular weight is 549 g/mol. The molecule has 0 atom stereocenters. The van der Waals surface area contributed by atoms with Gasteiger partial charge in [0.2, 0.25) is 0 Å². The molecular weight excluding hydrogens is 508 g/mol. The first-order valence-corrected chi connectivity index (χ1v) is 14.1. The number of fused-ring (bicyclic) bond motifs is 1. The summed E-state index contributed by atoms with van der Waals surface area (Å²) in [5.41, 5.74) is 6.94. The molecule has 5 nitrogen and oxygen atoms in total. The summed E-state index contributed by atoms with van der Waals surface area (Å²) >= 11 is 4.64. The highest BCUT2D eigenvalue weighted by Gasteiger charge is 2.18. The Labute approximate surface area is 239 Å². The molecule has 0 fully saturated rings. The second-order valence-corrected chi connectivity index (χ2v) is 9.30. The van der Waals surface area contributed by atoms with Gasteiger partial charge in [-0.1, -0.05) is 55.1 Å². The number of rotatable bonds is 11. The lowest BCUT2D eigenvalue weighted by atomic mass is 10.1. The minimum Gasteiger partial charge on any atom is -0.494 e. The minimum atomic E-state index is 0.582. The monoisotopic (exact) mass is 548 g/mol. The molecule has 1 aliphatic heterocycles. The smallest absolute Gasteiger partial charge is 0.161 e. The van der Waals surface area contributed by atoms with Gasteiger partial charge in [0, 0.05) is 50.0 Å². The van der Waals surface area contributed by atoms with Gasteiger partial charge < -0.3 is 19.1 Å². The fourth-order valence-electron chi connectivity index (χ4n) is 4.64. The number of benzene rings is 3. The summed E-state index contributed by atoms with van der Waals surface area (Å²) in [6.45, 7) is 14.8. The maximum absolute atomic E-state index is 5.85. The Morgan fingerprint density at radius 3 is 2.33 bits per heavy atom. The topological polar surface area (TPSA) is 34.2 Å². The van der Waals surface area contributed by atoms with Gasteiger partial charge in [0.15, 0.2) is 11.5 Å². The number of nitrogens with zero attached hydrogens (tertiary/aromatic N) is 2. The van der Waals surface area contributed by atoms with Gasteiger partial charge in [0.05, 0.1) is 6.61 Å². The molecule has 0 N–H and O–H groups in total. The fourth-order valence-corrected chi connectivity index (χ4v) is 4.64. The summed E-state index contributed by atoms with van der Waals surface area (Å²) in [5, 5.41) is 0. The van der Waals surface area contributed by atoms with E-state index in [9.17, 15) is 0 Å². The van der Waals surface area contributed by atoms with E-state index in [0.29, 0.717) is 19.8 Å². The van der Waals surface area contributed by atoms with Crippen molar-refractivity contribution in [3.8, 4) is 17.2 Å². The quantitative estimate of drug-likeness (QED) is 0.231. The highest BCUT2D eigenvalue weighted by molar-refractivity contribution is 6.15. The van der Waals surface area contributed by atoms with Crippen LogP contribution in [0.1, 0.15) is 36.1 Å². The van der Waals surface area contributed by atoms with Gasteiger partial charge in [-0.25, -0.2) is 0 Å². The zero-order chi connectivity index (χ0) is 28.2. The molecule has 1 heterocycles. The third-order valence-electron chi connectivity index (χ3n) is 6.64. The van der Waals surface area contributed by atoms with Crippen molar-refractivity contribution in [2.24, 2.45) is 0 Å². The minimum absolute atomic E-state index is 0.582. The van der Waals surface area contributed by atoms with Crippen LogP contribution in [0.15, 0.2) is 85.1 Å². The molecule has 0 radical (unpaired) electrons. The number of likely N-dealkylation sites (N-methyl/N-ethyl adjacent to an activating group) is 1. The first-order chi connectivity index (χ1) is 19.0. The summed E-state index contributed by atoms with van der Waals surface area (Å²) in [5.74, 6) is 2.53. The number of hydrogen-bond donors (Lipinski definition) is 0. The Bertz CT molecular complexity index is 1260.